The molecule has 0 radical (unpaired) electrons. The lowest BCUT2D eigenvalue weighted by atomic mass is 10.0. The Hall–Kier alpha value is -1.89. The number of rotatable bonds is 8. The minimum atomic E-state index is -0.0420. The van der Waals surface area contributed by atoms with Crippen molar-refractivity contribution in [1.82, 2.24) is 15.5 Å². The van der Waals surface area contributed by atoms with E-state index < -0.39 is 0 Å². The SMILES string of the molecule is COc1cccc(CN(C)C(=O)CCCC[C@@H]2SC[C@H]3NC(=O)N[C@@H]23)c1. The smallest absolute Gasteiger partial charge is 0.315 e. The highest BCUT2D eigenvalue weighted by Gasteiger charge is 2.42. The summed E-state index contributed by atoms with van der Waals surface area (Å²) in [4.78, 5) is 25.5. The highest BCUT2D eigenvalue weighted by molar-refractivity contribution is 8.00. The fraction of sp³-hybridized carbons (Fsp3) is 0.579. The minimum absolute atomic E-state index is 0.0420. The van der Waals surface area contributed by atoms with E-state index in [1.165, 1.54) is 0 Å². The number of benzene rings is 1. The minimum Gasteiger partial charge on any atom is -0.497 e. The number of methoxy groups -OCH3 is 1. The standard InChI is InChI=1S/C19H27N3O3S/c1-22(11-13-6-5-7-14(10-13)25-2)17(23)9-4-3-8-16-18-15(12-26-16)20-19(24)21-18/h5-7,10,15-16,18H,3-4,8-9,11-12H2,1-2H3,(H2,20,21,24)/t15-,16+,18-/m1/s1. The molecule has 3 atom stereocenters. The van der Waals surface area contributed by atoms with Crippen molar-refractivity contribution in [3.63, 3.8) is 0 Å². The third-order valence-corrected chi connectivity index (χ3v) is 6.56. The molecule has 6 nitrogen and oxygen atoms in total. The van der Waals surface area contributed by atoms with Crippen molar-refractivity contribution < 1.29 is 14.3 Å². The molecular weight excluding hydrogens is 350 g/mol. The van der Waals surface area contributed by atoms with Crippen LogP contribution in [0.25, 0.3) is 0 Å². The van der Waals surface area contributed by atoms with Gasteiger partial charge in [0.15, 0.2) is 0 Å². The van der Waals surface area contributed by atoms with E-state index in [-0.39, 0.29) is 24.0 Å². The van der Waals surface area contributed by atoms with Gasteiger partial charge in [-0.3, -0.25) is 4.79 Å². The highest BCUT2D eigenvalue weighted by atomic mass is 32.2. The largest absolute Gasteiger partial charge is 0.497 e. The summed E-state index contributed by atoms with van der Waals surface area (Å²) in [5.41, 5.74) is 1.07. The summed E-state index contributed by atoms with van der Waals surface area (Å²) in [6, 6.07) is 8.28. The zero-order valence-corrected chi connectivity index (χ0v) is 16.2. The molecule has 3 rings (SSSR count). The van der Waals surface area contributed by atoms with Crippen molar-refractivity contribution in [2.24, 2.45) is 0 Å². The first kappa shape index (κ1) is 18.9. The Morgan fingerprint density at radius 2 is 2.19 bits per heavy atom. The fourth-order valence-corrected chi connectivity index (χ4v) is 5.13. The first-order valence-corrected chi connectivity index (χ1v) is 10.2. The lowest BCUT2D eigenvalue weighted by molar-refractivity contribution is -0.130. The van der Waals surface area contributed by atoms with Crippen molar-refractivity contribution in [1.29, 1.82) is 0 Å². The summed E-state index contributed by atoms with van der Waals surface area (Å²) in [5, 5.41) is 6.44. The van der Waals surface area contributed by atoms with E-state index >= 15 is 0 Å². The Bertz CT molecular complexity index is 655. The van der Waals surface area contributed by atoms with Gasteiger partial charge < -0.3 is 20.3 Å². The van der Waals surface area contributed by atoms with Crippen LogP contribution in [0.2, 0.25) is 0 Å². The van der Waals surface area contributed by atoms with Crippen LogP contribution in [0, 0.1) is 0 Å². The molecule has 26 heavy (non-hydrogen) atoms. The molecule has 7 heteroatoms. The zero-order valence-electron chi connectivity index (χ0n) is 15.4. The number of thioether (sulfide) groups is 1. The number of urea groups is 1. The van der Waals surface area contributed by atoms with E-state index in [0.717, 1.165) is 36.3 Å². The number of carbonyl (C=O) groups excluding carboxylic acids is 2. The Kier molecular flexibility index (Phi) is 6.29. The molecule has 3 amide bonds. The number of nitrogens with zero attached hydrogens (tertiary/aromatic N) is 1. The third-order valence-electron chi connectivity index (χ3n) is 5.05. The predicted molar refractivity (Wildman–Crippen MR) is 103 cm³/mol. The number of fused-ring (bicyclic) bond motifs is 1. The Morgan fingerprint density at radius 1 is 1.35 bits per heavy atom. The quantitative estimate of drug-likeness (QED) is 0.539. The molecule has 1 aromatic rings. The fourth-order valence-electron chi connectivity index (χ4n) is 3.59. The van der Waals surface area contributed by atoms with Crippen molar-refractivity contribution in [2.75, 3.05) is 19.9 Å². The summed E-state index contributed by atoms with van der Waals surface area (Å²) >= 11 is 1.92. The number of hydrogen-bond acceptors (Lipinski definition) is 4. The van der Waals surface area contributed by atoms with E-state index in [9.17, 15) is 9.59 Å². The van der Waals surface area contributed by atoms with Crippen LogP contribution in [0.4, 0.5) is 4.79 Å². The lowest BCUT2D eigenvalue weighted by Gasteiger charge is -2.19. The summed E-state index contributed by atoms with van der Waals surface area (Å²) in [7, 11) is 3.49. The van der Waals surface area contributed by atoms with E-state index in [2.05, 4.69) is 10.6 Å². The molecule has 2 heterocycles. The summed E-state index contributed by atoms with van der Waals surface area (Å²) in [6.45, 7) is 0.593. The van der Waals surface area contributed by atoms with E-state index in [4.69, 9.17) is 4.74 Å². The molecule has 0 spiro atoms. The van der Waals surface area contributed by atoms with Gasteiger partial charge in [-0.2, -0.15) is 11.8 Å². The van der Waals surface area contributed by atoms with Crippen LogP contribution >= 0.6 is 11.8 Å². The number of ether oxygens (including phenoxy) is 1. The van der Waals surface area contributed by atoms with Crippen LogP contribution < -0.4 is 15.4 Å². The molecule has 0 aliphatic carbocycles. The van der Waals surface area contributed by atoms with Gasteiger partial charge in [-0.05, 0) is 30.5 Å². The summed E-state index contributed by atoms with van der Waals surface area (Å²) < 4.78 is 5.23. The van der Waals surface area contributed by atoms with E-state index in [1.807, 2.05) is 43.1 Å². The third kappa shape index (κ3) is 4.63. The van der Waals surface area contributed by atoms with Gasteiger partial charge in [-0.1, -0.05) is 18.6 Å². The molecule has 0 bridgehead atoms. The Labute approximate surface area is 159 Å². The summed E-state index contributed by atoms with van der Waals surface area (Å²) in [5.74, 6) is 1.96. The van der Waals surface area contributed by atoms with Gasteiger partial charge in [-0.15, -0.1) is 0 Å². The normalized spacial score (nSPS) is 23.9. The van der Waals surface area contributed by atoms with Gasteiger partial charge in [0.1, 0.15) is 5.75 Å². The molecule has 0 unspecified atom stereocenters. The topological polar surface area (TPSA) is 70.7 Å². The van der Waals surface area contributed by atoms with Crippen molar-refractivity contribution in [2.45, 2.75) is 49.6 Å². The van der Waals surface area contributed by atoms with Gasteiger partial charge in [0.25, 0.3) is 0 Å². The maximum Gasteiger partial charge on any atom is 0.315 e. The van der Waals surface area contributed by atoms with Crippen molar-refractivity contribution in [3.8, 4) is 5.75 Å². The second-order valence-corrected chi connectivity index (χ2v) is 8.24. The molecule has 2 N–H and O–H groups in total. The number of hydrogen-bond donors (Lipinski definition) is 2. The molecule has 2 fully saturated rings. The van der Waals surface area contributed by atoms with Gasteiger partial charge in [0, 0.05) is 31.0 Å². The number of nitrogens with one attached hydrogen (secondary N) is 2. The lowest BCUT2D eigenvalue weighted by Crippen LogP contribution is -2.36. The molecule has 0 aromatic heterocycles. The average Bonchev–Trinajstić information content (AvgIpc) is 3.18. The average molecular weight is 378 g/mol. The van der Waals surface area contributed by atoms with Crippen molar-refractivity contribution >= 4 is 23.7 Å². The van der Waals surface area contributed by atoms with E-state index in [0.29, 0.717) is 18.2 Å². The van der Waals surface area contributed by atoms with E-state index in [1.54, 1.807) is 12.0 Å². The van der Waals surface area contributed by atoms with Crippen LogP contribution in [-0.4, -0.2) is 54.1 Å². The van der Waals surface area contributed by atoms with Gasteiger partial charge in [-0.25, -0.2) is 4.79 Å². The second-order valence-electron chi connectivity index (χ2n) is 6.97. The van der Waals surface area contributed by atoms with Gasteiger partial charge in [0.2, 0.25) is 5.91 Å². The van der Waals surface area contributed by atoms with Crippen LogP contribution in [0.1, 0.15) is 31.2 Å². The monoisotopic (exact) mass is 377 g/mol. The van der Waals surface area contributed by atoms with Crippen LogP contribution in [-0.2, 0) is 11.3 Å². The molecule has 2 aliphatic rings. The maximum absolute atomic E-state index is 12.3. The zero-order chi connectivity index (χ0) is 18.5. The Balaban J connectivity index is 1.36. The van der Waals surface area contributed by atoms with Crippen LogP contribution in [0.5, 0.6) is 5.75 Å². The molecule has 2 aliphatic heterocycles. The highest BCUT2D eigenvalue weighted by Crippen LogP contribution is 2.33. The molecule has 1 aromatic carbocycles. The molecule has 0 saturated carbocycles. The predicted octanol–water partition coefficient (Wildman–Crippen LogP) is 2.38. The van der Waals surface area contributed by atoms with Crippen LogP contribution in [0.15, 0.2) is 24.3 Å². The Morgan fingerprint density at radius 3 is 3.00 bits per heavy atom. The summed E-state index contributed by atoms with van der Waals surface area (Å²) in [6.07, 6.45) is 3.50. The number of amides is 3. The molecule has 2 saturated heterocycles. The maximum atomic E-state index is 12.3. The van der Waals surface area contributed by atoms with Gasteiger partial charge >= 0.3 is 6.03 Å². The van der Waals surface area contributed by atoms with Crippen molar-refractivity contribution in [3.05, 3.63) is 29.8 Å². The first-order chi connectivity index (χ1) is 12.6. The number of unbranched alkanes of at least 4 members (excludes halogenated alkanes) is 1. The first-order valence-electron chi connectivity index (χ1n) is 9.12. The molecule has 142 valence electrons. The number of carbonyl (C=O) groups is 2. The van der Waals surface area contributed by atoms with Crippen LogP contribution in [0.3, 0.4) is 0 Å². The van der Waals surface area contributed by atoms with Gasteiger partial charge in [0.05, 0.1) is 19.2 Å². The second kappa shape index (κ2) is 8.66. The molecular formula is C19H27N3O3S.